The molecule has 1 saturated heterocycles. The molecule has 0 saturated carbocycles. The average Bonchev–Trinajstić information content (AvgIpc) is 2.90. The van der Waals surface area contributed by atoms with E-state index in [1.807, 2.05) is 19.1 Å². The molecule has 1 aliphatic rings. The van der Waals surface area contributed by atoms with Crippen LogP contribution < -0.4 is 4.90 Å². The number of sulfonamides is 1. The van der Waals surface area contributed by atoms with Crippen LogP contribution in [0.15, 0.2) is 47.4 Å². The highest BCUT2D eigenvalue weighted by Crippen LogP contribution is 2.24. The molecule has 0 N–H and O–H groups in total. The zero-order valence-electron chi connectivity index (χ0n) is 14.5. The van der Waals surface area contributed by atoms with E-state index in [2.05, 4.69) is 11.0 Å². The van der Waals surface area contributed by atoms with Crippen molar-refractivity contribution in [1.29, 1.82) is 5.26 Å². The Kier molecular flexibility index (Phi) is 5.52. The molecule has 1 heterocycles. The van der Waals surface area contributed by atoms with E-state index in [0.717, 1.165) is 24.2 Å². The first-order valence-corrected chi connectivity index (χ1v) is 10.2. The summed E-state index contributed by atoms with van der Waals surface area (Å²) in [6, 6.07) is 14.3. The second-order valence-electron chi connectivity index (χ2n) is 6.31. The van der Waals surface area contributed by atoms with Crippen molar-refractivity contribution in [3.05, 3.63) is 58.6 Å². The van der Waals surface area contributed by atoms with Crippen molar-refractivity contribution >= 4 is 27.3 Å². The monoisotopic (exact) mass is 389 g/mol. The SMILES string of the molecule is Cc1ccc(S(=O)(=O)N2CCCN(c3ccc(C#N)cc3)CC2)cc1Cl. The van der Waals surface area contributed by atoms with Gasteiger partial charge in [-0.1, -0.05) is 17.7 Å². The van der Waals surface area contributed by atoms with Crippen LogP contribution in [0.5, 0.6) is 0 Å². The van der Waals surface area contributed by atoms with E-state index >= 15 is 0 Å². The zero-order chi connectivity index (χ0) is 18.7. The van der Waals surface area contributed by atoms with Gasteiger partial charge in [-0.2, -0.15) is 9.57 Å². The summed E-state index contributed by atoms with van der Waals surface area (Å²) in [5.74, 6) is 0. The molecule has 0 atom stereocenters. The largest absolute Gasteiger partial charge is 0.370 e. The Morgan fingerprint density at radius 1 is 1.04 bits per heavy atom. The molecular weight excluding hydrogens is 370 g/mol. The first kappa shape index (κ1) is 18.7. The second-order valence-corrected chi connectivity index (χ2v) is 8.66. The van der Waals surface area contributed by atoms with Gasteiger partial charge in [-0.3, -0.25) is 0 Å². The normalized spacial score (nSPS) is 16.1. The van der Waals surface area contributed by atoms with Crippen molar-refractivity contribution in [1.82, 2.24) is 4.31 Å². The Morgan fingerprint density at radius 2 is 1.77 bits per heavy atom. The summed E-state index contributed by atoms with van der Waals surface area (Å²) in [6.07, 6.45) is 0.735. The number of aryl methyl sites for hydroxylation is 1. The van der Waals surface area contributed by atoms with Crippen molar-refractivity contribution in [2.75, 3.05) is 31.1 Å². The highest BCUT2D eigenvalue weighted by Gasteiger charge is 2.27. The number of benzene rings is 2. The average molecular weight is 390 g/mol. The molecule has 0 aromatic heterocycles. The molecule has 0 radical (unpaired) electrons. The Bertz CT molecular complexity index is 936. The van der Waals surface area contributed by atoms with Gasteiger partial charge in [0, 0.05) is 36.9 Å². The van der Waals surface area contributed by atoms with E-state index < -0.39 is 10.0 Å². The van der Waals surface area contributed by atoms with Gasteiger partial charge in [-0.15, -0.1) is 0 Å². The van der Waals surface area contributed by atoms with Gasteiger partial charge in [0.15, 0.2) is 0 Å². The van der Waals surface area contributed by atoms with Crippen LogP contribution in [-0.2, 0) is 10.0 Å². The number of nitrogens with zero attached hydrogens (tertiary/aromatic N) is 3. The molecule has 0 unspecified atom stereocenters. The third-order valence-corrected chi connectivity index (χ3v) is 6.90. The molecule has 1 fully saturated rings. The van der Waals surface area contributed by atoms with E-state index in [1.165, 1.54) is 10.4 Å². The molecule has 0 spiro atoms. The summed E-state index contributed by atoms with van der Waals surface area (Å²) in [6.45, 7) is 4.10. The lowest BCUT2D eigenvalue weighted by Gasteiger charge is -2.23. The van der Waals surface area contributed by atoms with Crippen molar-refractivity contribution < 1.29 is 8.42 Å². The van der Waals surface area contributed by atoms with Crippen molar-refractivity contribution in [3.63, 3.8) is 0 Å². The maximum Gasteiger partial charge on any atom is 0.243 e. The Balaban J connectivity index is 1.76. The number of rotatable bonds is 3. The lowest BCUT2D eigenvalue weighted by atomic mass is 10.2. The predicted molar refractivity (Wildman–Crippen MR) is 103 cm³/mol. The number of hydrogen-bond acceptors (Lipinski definition) is 4. The minimum atomic E-state index is -3.56. The summed E-state index contributed by atoms with van der Waals surface area (Å²) in [4.78, 5) is 2.39. The zero-order valence-corrected chi connectivity index (χ0v) is 16.1. The second kappa shape index (κ2) is 7.67. The highest BCUT2D eigenvalue weighted by atomic mass is 35.5. The van der Waals surface area contributed by atoms with Gasteiger partial charge in [-0.05, 0) is 55.3 Å². The van der Waals surface area contributed by atoms with Crippen LogP contribution in [0.3, 0.4) is 0 Å². The quantitative estimate of drug-likeness (QED) is 0.806. The standard InChI is InChI=1S/C19H20ClN3O2S/c1-15-3-8-18(13-19(15)20)26(24,25)23-10-2-9-22(11-12-23)17-6-4-16(14-21)5-7-17/h3-8,13H,2,9-12H2,1H3. The summed E-state index contributed by atoms with van der Waals surface area (Å²) in [7, 11) is -3.56. The fourth-order valence-corrected chi connectivity index (χ4v) is 4.76. The minimum absolute atomic E-state index is 0.236. The van der Waals surface area contributed by atoms with Gasteiger partial charge < -0.3 is 4.90 Å². The first-order valence-electron chi connectivity index (χ1n) is 8.43. The van der Waals surface area contributed by atoms with Gasteiger partial charge >= 0.3 is 0 Å². The van der Waals surface area contributed by atoms with E-state index in [1.54, 1.807) is 24.3 Å². The van der Waals surface area contributed by atoms with E-state index in [-0.39, 0.29) is 4.90 Å². The fraction of sp³-hybridized carbons (Fsp3) is 0.316. The van der Waals surface area contributed by atoms with Crippen molar-refractivity contribution in [2.45, 2.75) is 18.2 Å². The van der Waals surface area contributed by atoms with Crippen LogP contribution in [0, 0.1) is 18.3 Å². The molecule has 5 nitrogen and oxygen atoms in total. The molecular formula is C19H20ClN3O2S. The van der Waals surface area contributed by atoms with Crippen LogP contribution >= 0.6 is 11.6 Å². The fourth-order valence-electron chi connectivity index (χ4n) is 3.02. The van der Waals surface area contributed by atoms with E-state index in [4.69, 9.17) is 16.9 Å². The number of halogens is 1. The van der Waals surface area contributed by atoms with Gasteiger partial charge in [0.05, 0.1) is 16.5 Å². The van der Waals surface area contributed by atoms with Crippen LogP contribution in [0.4, 0.5) is 5.69 Å². The lowest BCUT2D eigenvalue weighted by molar-refractivity contribution is 0.433. The van der Waals surface area contributed by atoms with Crippen LogP contribution in [-0.4, -0.2) is 38.9 Å². The minimum Gasteiger partial charge on any atom is -0.370 e. The molecule has 136 valence electrons. The lowest BCUT2D eigenvalue weighted by Crippen LogP contribution is -2.35. The van der Waals surface area contributed by atoms with Gasteiger partial charge in [0.2, 0.25) is 10.0 Å². The Hall–Kier alpha value is -2.07. The molecule has 0 amide bonds. The van der Waals surface area contributed by atoms with E-state index in [9.17, 15) is 8.42 Å². The molecule has 2 aromatic carbocycles. The van der Waals surface area contributed by atoms with Crippen molar-refractivity contribution in [3.8, 4) is 6.07 Å². The first-order chi connectivity index (χ1) is 12.4. The smallest absolute Gasteiger partial charge is 0.243 e. The van der Waals surface area contributed by atoms with Gasteiger partial charge in [0.1, 0.15) is 0 Å². The van der Waals surface area contributed by atoms with Crippen LogP contribution in [0.2, 0.25) is 5.02 Å². The maximum atomic E-state index is 12.9. The molecule has 7 heteroatoms. The summed E-state index contributed by atoms with van der Waals surface area (Å²) < 4.78 is 27.4. The predicted octanol–water partition coefficient (Wildman–Crippen LogP) is 3.42. The van der Waals surface area contributed by atoms with Gasteiger partial charge in [0.25, 0.3) is 0 Å². The third-order valence-electron chi connectivity index (χ3n) is 4.60. The summed E-state index contributed by atoms with van der Waals surface area (Å²) >= 11 is 6.10. The van der Waals surface area contributed by atoms with E-state index in [0.29, 0.717) is 30.2 Å². The molecule has 0 aliphatic carbocycles. The number of anilines is 1. The number of nitriles is 1. The molecule has 3 rings (SSSR count). The molecule has 26 heavy (non-hydrogen) atoms. The third kappa shape index (κ3) is 3.85. The summed E-state index contributed by atoms with van der Waals surface area (Å²) in [5, 5.41) is 9.37. The van der Waals surface area contributed by atoms with Crippen molar-refractivity contribution in [2.24, 2.45) is 0 Å². The summed E-state index contributed by atoms with van der Waals surface area (Å²) in [5.41, 5.74) is 2.47. The Morgan fingerprint density at radius 3 is 2.42 bits per heavy atom. The molecule has 0 bridgehead atoms. The molecule has 2 aromatic rings. The molecule has 1 aliphatic heterocycles. The topological polar surface area (TPSA) is 64.4 Å². The van der Waals surface area contributed by atoms with Gasteiger partial charge in [-0.25, -0.2) is 8.42 Å². The maximum absolute atomic E-state index is 12.9. The number of hydrogen-bond donors (Lipinski definition) is 0. The van der Waals surface area contributed by atoms with Crippen LogP contribution in [0.1, 0.15) is 17.5 Å². The van der Waals surface area contributed by atoms with Crippen LogP contribution in [0.25, 0.3) is 0 Å². The highest BCUT2D eigenvalue weighted by molar-refractivity contribution is 7.89. The Labute approximate surface area is 159 Å².